The molecule has 2 N–H and O–H groups in total. The Morgan fingerprint density at radius 2 is 2.20 bits per heavy atom. The van der Waals surface area contributed by atoms with Gasteiger partial charge in [0.1, 0.15) is 0 Å². The highest BCUT2D eigenvalue weighted by molar-refractivity contribution is 5.78. The van der Waals surface area contributed by atoms with Crippen molar-refractivity contribution in [1.29, 1.82) is 0 Å². The predicted octanol–water partition coefficient (Wildman–Crippen LogP) is 0.452. The molecular formula is C8H13F3N2O2. The molecule has 1 saturated heterocycles. The quantitative estimate of drug-likeness (QED) is 0.687. The summed E-state index contributed by atoms with van der Waals surface area (Å²) in [6.07, 6.45) is -4.42. The van der Waals surface area contributed by atoms with E-state index in [1.165, 1.54) is 0 Å². The number of hydrogen-bond donors (Lipinski definition) is 2. The molecule has 7 heteroatoms. The standard InChI is InChI=1S/C8H13F3N2O2/c1-5-2-12-3-6(5)7(14)13-15-4-8(9,10)11/h5-6,12H,2-4H2,1H3,(H,13,14). The van der Waals surface area contributed by atoms with E-state index in [0.717, 1.165) is 0 Å². The van der Waals surface area contributed by atoms with Crippen LogP contribution in [0, 0.1) is 11.8 Å². The van der Waals surface area contributed by atoms with Gasteiger partial charge in [-0.3, -0.25) is 9.63 Å². The van der Waals surface area contributed by atoms with E-state index in [2.05, 4.69) is 10.2 Å². The van der Waals surface area contributed by atoms with Crippen LogP contribution in [0.15, 0.2) is 0 Å². The highest BCUT2D eigenvalue weighted by atomic mass is 19.4. The second kappa shape index (κ2) is 4.80. The van der Waals surface area contributed by atoms with Gasteiger partial charge in [-0.2, -0.15) is 13.2 Å². The van der Waals surface area contributed by atoms with E-state index < -0.39 is 18.7 Å². The Hall–Kier alpha value is -0.820. The highest BCUT2D eigenvalue weighted by Crippen LogP contribution is 2.16. The summed E-state index contributed by atoms with van der Waals surface area (Å²) in [5, 5.41) is 2.97. The topological polar surface area (TPSA) is 50.4 Å². The number of amides is 1. The molecule has 4 nitrogen and oxygen atoms in total. The first-order valence-corrected chi connectivity index (χ1v) is 4.59. The van der Waals surface area contributed by atoms with Crippen molar-refractivity contribution in [2.75, 3.05) is 19.7 Å². The molecule has 0 aliphatic carbocycles. The van der Waals surface area contributed by atoms with Crippen molar-refractivity contribution in [2.24, 2.45) is 11.8 Å². The van der Waals surface area contributed by atoms with Gasteiger partial charge >= 0.3 is 6.18 Å². The van der Waals surface area contributed by atoms with Crippen LogP contribution in [0.3, 0.4) is 0 Å². The van der Waals surface area contributed by atoms with Crippen LogP contribution in [0.25, 0.3) is 0 Å². The Bertz CT molecular complexity index is 232. The molecule has 0 aromatic rings. The number of carbonyl (C=O) groups excluding carboxylic acids is 1. The van der Waals surface area contributed by atoms with Crippen LogP contribution < -0.4 is 10.8 Å². The van der Waals surface area contributed by atoms with Crippen LogP contribution in [0.1, 0.15) is 6.92 Å². The minimum Gasteiger partial charge on any atom is -0.316 e. The summed E-state index contributed by atoms with van der Waals surface area (Å²) < 4.78 is 35.0. The number of hydrogen-bond acceptors (Lipinski definition) is 3. The van der Waals surface area contributed by atoms with E-state index >= 15 is 0 Å². The molecule has 1 aliphatic heterocycles. The Morgan fingerprint density at radius 1 is 1.53 bits per heavy atom. The molecule has 0 bridgehead atoms. The summed E-state index contributed by atoms with van der Waals surface area (Å²) in [5.74, 6) is -0.713. The van der Waals surface area contributed by atoms with Gasteiger partial charge in [0.15, 0.2) is 6.61 Å². The molecule has 2 unspecified atom stereocenters. The number of halogens is 3. The fourth-order valence-electron chi connectivity index (χ4n) is 1.43. The number of hydroxylamine groups is 1. The van der Waals surface area contributed by atoms with Gasteiger partial charge in [0, 0.05) is 6.54 Å². The van der Waals surface area contributed by atoms with Gasteiger partial charge < -0.3 is 5.32 Å². The second-order valence-corrected chi connectivity index (χ2v) is 3.61. The van der Waals surface area contributed by atoms with Crippen molar-refractivity contribution < 1.29 is 22.8 Å². The van der Waals surface area contributed by atoms with Crippen molar-refractivity contribution >= 4 is 5.91 Å². The zero-order valence-corrected chi connectivity index (χ0v) is 8.23. The van der Waals surface area contributed by atoms with Crippen LogP contribution >= 0.6 is 0 Å². The molecule has 88 valence electrons. The minimum atomic E-state index is -4.42. The second-order valence-electron chi connectivity index (χ2n) is 3.61. The number of nitrogens with one attached hydrogen (secondary N) is 2. The molecule has 2 atom stereocenters. The van der Waals surface area contributed by atoms with Crippen LogP contribution in [-0.2, 0) is 9.63 Å². The average molecular weight is 226 g/mol. The predicted molar refractivity (Wildman–Crippen MR) is 45.7 cm³/mol. The summed E-state index contributed by atoms with van der Waals surface area (Å²) in [7, 11) is 0. The molecule has 1 amide bonds. The summed E-state index contributed by atoms with van der Waals surface area (Å²) >= 11 is 0. The van der Waals surface area contributed by atoms with E-state index in [-0.39, 0.29) is 11.8 Å². The lowest BCUT2D eigenvalue weighted by Crippen LogP contribution is -2.36. The number of rotatable bonds is 3. The summed E-state index contributed by atoms with van der Waals surface area (Å²) in [4.78, 5) is 15.4. The third-order valence-electron chi connectivity index (χ3n) is 2.26. The van der Waals surface area contributed by atoms with E-state index in [1.54, 1.807) is 0 Å². The lowest BCUT2D eigenvalue weighted by atomic mass is 9.98. The molecular weight excluding hydrogens is 213 g/mol. The Labute approximate surface area is 85.1 Å². The van der Waals surface area contributed by atoms with Gasteiger partial charge in [-0.05, 0) is 12.5 Å². The third kappa shape index (κ3) is 4.05. The summed E-state index contributed by atoms with van der Waals surface area (Å²) in [6, 6.07) is 0. The normalized spacial score (nSPS) is 26.7. The van der Waals surface area contributed by atoms with Crippen LogP contribution in [0.4, 0.5) is 13.2 Å². The van der Waals surface area contributed by atoms with E-state index in [9.17, 15) is 18.0 Å². The van der Waals surface area contributed by atoms with Crippen molar-refractivity contribution in [3.8, 4) is 0 Å². The molecule has 0 saturated carbocycles. The smallest absolute Gasteiger partial charge is 0.316 e. The van der Waals surface area contributed by atoms with Gasteiger partial charge in [0.05, 0.1) is 5.92 Å². The lowest BCUT2D eigenvalue weighted by Gasteiger charge is -2.14. The maximum absolute atomic E-state index is 11.7. The molecule has 0 radical (unpaired) electrons. The SMILES string of the molecule is CC1CNCC1C(=O)NOCC(F)(F)F. The molecule has 0 aromatic heterocycles. The van der Waals surface area contributed by atoms with Gasteiger partial charge in [0.25, 0.3) is 0 Å². The average Bonchev–Trinajstić information content (AvgIpc) is 2.48. The fraction of sp³-hybridized carbons (Fsp3) is 0.875. The first-order valence-electron chi connectivity index (χ1n) is 4.59. The maximum Gasteiger partial charge on any atom is 0.414 e. The van der Waals surface area contributed by atoms with E-state index in [4.69, 9.17) is 0 Å². The number of carbonyl (C=O) groups is 1. The van der Waals surface area contributed by atoms with Gasteiger partial charge in [-0.15, -0.1) is 0 Å². The highest BCUT2D eigenvalue weighted by Gasteiger charge is 2.32. The largest absolute Gasteiger partial charge is 0.414 e. The van der Waals surface area contributed by atoms with Crippen molar-refractivity contribution in [2.45, 2.75) is 13.1 Å². The van der Waals surface area contributed by atoms with Crippen LogP contribution in [0.2, 0.25) is 0 Å². The molecule has 1 heterocycles. The summed E-state index contributed by atoms with van der Waals surface area (Å²) in [5.41, 5.74) is 1.81. The lowest BCUT2D eigenvalue weighted by molar-refractivity contribution is -0.192. The molecule has 0 aromatic carbocycles. The monoisotopic (exact) mass is 226 g/mol. The van der Waals surface area contributed by atoms with E-state index in [1.807, 2.05) is 12.4 Å². The minimum absolute atomic E-state index is 0.111. The fourth-order valence-corrected chi connectivity index (χ4v) is 1.43. The molecule has 0 spiro atoms. The van der Waals surface area contributed by atoms with Gasteiger partial charge in [-0.1, -0.05) is 6.92 Å². The van der Waals surface area contributed by atoms with Crippen molar-refractivity contribution in [1.82, 2.24) is 10.8 Å². The Kier molecular flexibility index (Phi) is 3.92. The summed E-state index contributed by atoms with van der Waals surface area (Å²) in [6.45, 7) is 1.56. The zero-order chi connectivity index (χ0) is 11.5. The van der Waals surface area contributed by atoms with Crippen molar-refractivity contribution in [3.05, 3.63) is 0 Å². The Balaban J connectivity index is 2.24. The van der Waals surface area contributed by atoms with E-state index in [0.29, 0.717) is 13.1 Å². The molecule has 1 rings (SSSR count). The van der Waals surface area contributed by atoms with Gasteiger partial charge in [-0.25, -0.2) is 5.48 Å². The molecule has 1 fully saturated rings. The third-order valence-corrected chi connectivity index (χ3v) is 2.26. The maximum atomic E-state index is 11.7. The first-order chi connectivity index (χ1) is 6.90. The van der Waals surface area contributed by atoms with Gasteiger partial charge in [0.2, 0.25) is 5.91 Å². The molecule has 1 aliphatic rings. The first kappa shape index (κ1) is 12.3. The number of alkyl halides is 3. The Morgan fingerprint density at radius 3 is 2.67 bits per heavy atom. The van der Waals surface area contributed by atoms with Crippen molar-refractivity contribution in [3.63, 3.8) is 0 Å². The van der Waals surface area contributed by atoms with Crippen LogP contribution in [0.5, 0.6) is 0 Å². The zero-order valence-electron chi connectivity index (χ0n) is 8.23. The van der Waals surface area contributed by atoms with Crippen LogP contribution in [-0.4, -0.2) is 31.8 Å². The molecule has 15 heavy (non-hydrogen) atoms.